The molecule has 11 heteroatoms. The van der Waals surface area contributed by atoms with Crippen LogP contribution in [0, 0.1) is 13.8 Å². The Labute approximate surface area is 166 Å². The number of sulfonamides is 1. The number of hydrogen-bond donors (Lipinski definition) is 0. The third-order valence-electron chi connectivity index (χ3n) is 4.74. The highest BCUT2D eigenvalue weighted by atomic mass is 32.2. The minimum Gasteiger partial charge on any atom is -0.383 e. The van der Waals surface area contributed by atoms with Crippen LogP contribution in [-0.4, -0.2) is 107 Å². The molecule has 1 fully saturated rings. The zero-order valence-electron chi connectivity index (χ0n) is 17.0. The van der Waals surface area contributed by atoms with Crippen molar-refractivity contribution in [1.82, 2.24) is 19.3 Å². The first-order chi connectivity index (χ1) is 13.3. The van der Waals surface area contributed by atoms with Crippen LogP contribution in [0.1, 0.15) is 11.5 Å². The van der Waals surface area contributed by atoms with Crippen molar-refractivity contribution in [3.05, 3.63) is 11.5 Å². The Kier molecular flexibility index (Phi) is 8.38. The zero-order valence-corrected chi connectivity index (χ0v) is 17.8. The van der Waals surface area contributed by atoms with Gasteiger partial charge >= 0.3 is 0 Å². The van der Waals surface area contributed by atoms with Crippen molar-refractivity contribution in [2.75, 3.05) is 73.2 Å². The third-order valence-corrected chi connectivity index (χ3v) is 6.88. The molecule has 0 saturated carbocycles. The number of nitrogens with zero attached hydrogens (tertiary/aromatic N) is 4. The van der Waals surface area contributed by atoms with Gasteiger partial charge in [-0.25, -0.2) is 8.42 Å². The predicted molar refractivity (Wildman–Crippen MR) is 102 cm³/mol. The average Bonchev–Trinajstić information content (AvgIpc) is 3.02. The molecule has 0 N–H and O–H groups in total. The van der Waals surface area contributed by atoms with Gasteiger partial charge in [0.05, 0.1) is 19.8 Å². The lowest BCUT2D eigenvalue weighted by Crippen LogP contribution is -2.53. The zero-order chi connectivity index (χ0) is 20.7. The predicted octanol–water partition coefficient (Wildman–Crippen LogP) is -0.281. The molecule has 1 aliphatic heterocycles. The van der Waals surface area contributed by atoms with Crippen molar-refractivity contribution in [3.8, 4) is 0 Å². The van der Waals surface area contributed by atoms with Gasteiger partial charge in [-0.1, -0.05) is 5.16 Å². The number of hydrogen-bond acceptors (Lipinski definition) is 8. The minimum absolute atomic E-state index is 0.0263. The van der Waals surface area contributed by atoms with Gasteiger partial charge in [0.2, 0.25) is 15.9 Å². The molecule has 2 rings (SSSR count). The van der Waals surface area contributed by atoms with E-state index in [1.54, 1.807) is 33.0 Å². The summed E-state index contributed by atoms with van der Waals surface area (Å²) in [6.45, 7) is 6.96. The number of carbonyl (C=O) groups excluding carboxylic acids is 1. The maximum Gasteiger partial charge on any atom is 0.248 e. The summed E-state index contributed by atoms with van der Waals surface area (Å²) in [4.78, 5) is 16.4. The fourth-order valence-corrected chi connectivity index (χ4v) is 4.87. The van der Waals surface area contributed by atoms with Crippen molar-refractivity contribution in [2.45, 2.75) is 18.7 Å². The molecule has 1 aromatic rings. The van der Waals surface area contributed by atoms with Crippen LogP contribution in [-0.2, 0) is 24.3 Å². The fourth-order valence-electron chi connectivity index (χ4n) is 3.15. The number of carbonyl (C=O) groups is 1. The van der Waals surface area contributed by atoms with Crippen molar-refractivity contribution in [2.24, 2.45) is 0 Å². The van der Waals surface area contributed by atoms with Crippen LogP contribution in [0.15, 0.2) is 9.42 Å². The summed E-state index contributed by atoms with van der Waals surface area (Å²) in [6, 6.07) is 0. The molecule has 2 heterocycles. The number of amides is 1. The Balaban J connectivity index is 1.94. The van der Waals surface area contributed by atoms with E-state index >= 15 is 0 Å². The molecule has 1 amide bonds. The second-order valence-electron chi connectivity index (χ2n) is 6.70. The van der Waals surface area contributed by atoms with Crippen molar-refractivity contribution in [3.63, 3.8) is 0 Å². The third kappa shape index (κ3) is 5.51. The van der Waals surface area contributed by atoms with Crippen LogP contribution in [0.4, 0.5) is 0 Å². The van der Waals surface area contributed by atoms with Gasteiger partial charge in [-0.05, 0) is 13.8 Å². The van der Waals surface area contributed by atoms with E-state index in [1.165, 1.54) is 4.31 Å². The van der Waals surface area contributed by atoms with Crippen LogP contribution in [0.2, 0.25) is 0 Å². The largest absolute Gasteiger partial charge is 0.383 e. The van der Waals surface area contributed by atoms with E-state index in [2.05, 4.69) is 5.16 Å². The van der Waals surface area contributed by atoms with Gasteiger partial charge < -0.3 is 18.9 Å². The lowest BCUT2D eigenvalue weighted by Gasteiger charge is -2.35. The van der Waals surface area contributed by atoms with E-state index in [-0.39, 0.29) is 36.2 Å². The van der Waals surface area contributed by atoms with Gasteiger partial charge in [0.15, 0.2) is 5.76 Å². The van der Waals surface area contributed by atoms with Crippen molar-refractivity contribution >= 4 is 15.9 Å². The van der Waals surface area contributed by atoms with Gasteiger partial charge in [0.25, 0.3) is 0 Å². The number of piperazine rings is 1. The minimum atomic E-state index is -3.68. The Morgan fingerprint density at radius 1 is 1.11 bits per heavy atom. The Morgan fingerprint density at radius 2 is 1.68 bits per heavy atom. The molecule has 0 spiro atoms. The van der Waals surface area contributed by atoms with Crippen LogP contribution in [0.3, 0.4) is 0 Å². The highest BCUT2D eigenvalue weighted by molar-refractivity contribution is 7.89. The molecule has 0 aliphatic carbocycles. The standard InChI is InChI=1S/C17H30N4O6S/c1-14-17(15(2)27-18-14)28(23,24)21-7-5-20(6-8-21)16(22)13-19(9-11-25-3)10-12-26-4/h5-13H2,1-4H3. The van der Waals surface area contributed by atoms with E-state index in [0.717, 1.165) is 0 Å². The molecule has 0 aromatic carbocycles. The quantitative estimate of drug-likeness (QED) is 0.511. The molecule has 28 heavy (non-hydrogen) atoms. The monoisotopic (exact) mass is 418 g/mol. The molecule has 1 saturated heterocycles. The van der Waals surface area contributed by atoms with Gasteiger partial charge in [-0.15, -0.1) is 0 Å². The number of aryl methyl sites for hydroxylation is 2. The Bertz CT molecular complexity index is 715. The second-order valence-corrected chi connectivity index (χ2v) is 8.57. The number of ether oxygens (including phenoxy) is 2. The lowest BCUT2D eigenvalue weighted by atomic mass is 10.3. The normalized spacial score (nSPS) is 16.1. The summed E-state index contributed by atoms with van der Waals surface area (Å²) in [6.07, 6.45) is 0. The molecule has 0 radical (unpaired) electrons. The highest BCUT2D eigenvalue weighted by Crippen LogP contribution is 2.24. The average molecular weight is 419 g/mol. The molecule has 0 bridgehead atoms. The smallest absolute Gasteiger partial charge is 0.248 e. The summed E-state index contributed by atoms with van der Waals surface area (Å²) in [5.74, 6) is 0.254. The highest BCUT2D eigenvalue weighted by Gasteiger charge is 2.34. The molecular formula is C17H30N4O6S. The van der Waals surface area contributed by atoms with Gasteiger partial charge in [0.1, 0.15) is 10.6 Å². The summed E-state index contributed by atoms with van der Waals surface area (Å²) >= 11 is 0. The van der Waals surface area contributed by atoms with E-state index in [0.29, 0.717) is 45.1 Å². The van der Waals surface area contributed by atoms with Gasteiger partial charge in [0, 0.05) is 53.5 Å². The maximum atomic E-state index is 12.9. The van der Waals surface area contributed by atoms with Gasteiger partial charge in [-0.2, -0.15) is 4.31 Å². The summed E-state index contributed by atoms with van der Waals surface area (Å²) in [7, 11) is -0.441. The Morgan fingerprint density at radius 3 is 2.14 bits per heavy atom. The first-order valence-electron chi connectivity index (χ1n) is 9.22. The second kappa shape index (κ2) is 10.3. The molecule has 160 valence electrons. The van der Waals surface area contributed by atoms with Crippen molar-refractivity contribution in [1.29, 1.82) is 0 Å². The summed E-state index contributed by atoms with van der Waals surface area (Å²) in [5.41, 5.74) is 0.350. The maximum absolute atomic E-state index is 12.9. The number of methoxy groups -OCH3 is 2. The molecular weight excluding hydrogens is 388 g/mol. The van der Waals surface area contributed by atoms with Gasteiger partial charge in [-0.3, -0.25) is 9.69 Å². The van der Waals surface area contributed by atoms with Crippen LogP contribution >= 0.6 is 0 Å². The van der Waals surface area contributed by atoms with Crippen LogP contribution in [0.5, 0.6) is 0 Å². The number of aromatic nitrogens is 1. The fraction of sp³-hybridized carbons (Fsp3) is 0.765. The summed E-state index contributed by atoms with van der Waals surface area (Å²) in [5, 5.41) is 3.73. The van der Waals surface area contributed by atoms with E-state index in [1.807, 2.05) is 4.90 Å². The van der Waals surface area contributed by atoms with E-state index in [4.69, 9.17) is 14.0 Å². The van der Waals surface area contributed by atoms with Crippen LogP contribution in [0.25, 0.3) is 0 Å². The topological polar surface area (TPSA) is 105 Å². The number of rotatable bonds is 10. The molecule has 0 atom stereocenters. The molecule has 1 aliphatic rings. The lowest BCUT2D eigenvalue weighted by molar-refractivity contribution is -0.133. The van der Waals surface area contributed by atoms with E-state index < -0.39 is 10.0 Å². The molecule has 10 nitrogen and oxygen atoms in total. The SMILES string of the molecule is COCCN(CCOC)CC(=O)N1CCN(S(=O)(=O)c2c(C)noc2C)CC1. The molecule has 0 unspecified atom stereocenters. The molecule has 1 aromatic heterocycles. The first-order valence-corrected chi connectivity index (χ1v) is 10.7. The summed E-state index contributed by atoms with van der Waals surface area (Å²) < 4.78 is 42.3. The van der Waals surface area contributed by atoms with E-state index in [9.17, 15) is 13.2 Å². The van der Waals surface area contributed by atoms with Crippen LogP contribution < -0.4 is 0 Å². The first kappa shape index (κ1) is 22.8. The van der Waals surface area contributed by atoms with Crippen molar-refractivity contribution < 1.29 is 27.2 Å². The Hall–Kier alpha value is -1.53.